The molecule has 1 rings (SSSR count). The zero-order valence-corrected chi connectivity index (χ0v) is 10.3. The third-order valence-corrected chi connectivity index (χ3v) is 2.36. The number of halogens is 1. The lowest BCUT2D eigenvalue weighted by Gasteiger charge is -2.07. The van der Waals surface area contributed by atoms with Gasteiger partial charge in [-0.1, -0.05) is 6.07 Å². The second-order valence-corrected chi connectivity index (χ2v) is 3.88. The summed E-state index contributed by atoms with van der Waals surface area (Å²) in [7, 11) is 0. The monoisotopic (exact) mass is 272 g/mol. The van der Waals surface area contributed by atoms with E-state index in [2.05, 4.69) is 15.9 Å². The van der Waals surface area contributed by atoms with E-state index >= 15 is 0 Å². The molecule has 0 atom stereocenters. The summed E-state index contributed by atoms with van der Waals surface area (Å²) in [5, 5.41) is 0. The molecule has 1 aromatic rings. The van der Waals surface area contributed by atoms with Crippen molar-refractivity contribution in [3.8, 4) is 5.75 Å². The van der Waals surface area contributed by atoms with Crippen molar-refractivity contribution in [3.63, 3.8) is 0 Å². The summed E-state index contributed by atoms with van der Waals surface area (Å²) < 4.78 is 10.9. The Morgan fingerprint density at radius 2 is 2.20 bits per heavy atom. The summed E-state index contributed by atoms with van der Waals surface area (Å²) in [6.45, 7) is 4.06. The van der Waals surface area contributed by atoms with Crippen LogP contribution in [0.2, 0.25) is 0 Å². The van der Waals surface area contributed by atoms with Crippen LogP contribution in [0.15, 0.2) is 22.7 Å². The van der Waals surface area contributed by atoms with Gasteiger partial charge in [-0.25, -0.2) is 4.79 Å². The fourth-order valence-corrected chi connectivity index (χ4v) is 1.67. The smallest absolute Gasteiger partial charge is 0.344 e. The van der Waals surface area contributed by atoms with Crippen LogP contribution in [-0.4, -0.2) is 19.2 Å². The lowest BCUT2D eigenvalue weighted by atomic mass is 10.2. The molecule has 0 saturated carbocycles. The molecular weight excluding hydrogens is 260 g/mol. The Kier molecular flexibility index (Phi) is 4.62. The molecule has 0 spiro atoms. The molecule has 15 heavy (non-hydrogen) atoms. The molecule has 0 aliphatic rings. The van der Waals surface area contributed by atoms with Gasteiger partial charge in [0.2, 0.25) is 0 Å². The fourth-order valence-electron chi connectivity index (χ4n) is 1.06. The van der Waals surface area contributed by atoms with Crippen LogP contribution in [0.5, 0.6) is 5.75 Å². The largest absolute Gasteiger partial charge is 0.481 e. The summed E-state index contributed by atoms with van der Waals surface area (Å²) in [6.07, 6.45) is 0. The van der Waals surface area contributed by atoms with Crippen molar-refractivity contribution in [2.24, 2.45) is 0 Å². The van der Waals surface area contributed by atoms with E-state index in [9.17, 15) is 4.79 Å². The van der Waals surface area contributed by atoms with Crippen molar-refractivity contribution in [2.45, 2.75) is 13.8 Å². The molecule has 0 radical (unpaired) electrons. The molecule has 0 aliphatic heterocycles. The van der Waals surface area contributed by atoms with Crippen molar-refractivity contribution >= 4 is 21.9 Å². The molecule has 0 unspecified atom stereocenters. The van der Waals surface area contributed by atoms with Gasteiger partial charge >= 0.3 is 5.97 Å². The first-order valence-corrected chi connectivity index (χ1v) is 5.47. The quantitative estimate of drug-likeness (QED) is 0.791. The van der Waals surface area contributed by atoms with E-state index in [1.165, 1.54) is 0 Å². The molecule has 0 fully saturated rings. The molecule has 0 amide bonds. The highest BCUT2D eigenvalue weighted by Crippen LogP contribution is 2.25. The standard InChI is InChI=1S/C11H13BrO3/c1-3-14-11(13)7-15-10-5-4-8(2)6-9(10)12/h4-6H,3,7H2,1-2H3. The summed E-state index contributed by atoms with van der Waals surface area (Å²) in [5.41, 5.74) is 1.13. The van der Waals surface area contributed by atoms with Gasteiger partial charge in [-0.3, -0.25) is 0 Å². The Labute approximate surface area is 97.5 Å². The van der Waals surface area contributed by atoms with Crippen molar-refractivity contribution in [1.29, 1.82) is 0 Å². The number of carbonyl (C=O) groups is 1. The average molecular weight is 273 g/mol. The predicted molar refractivity (Wildman–Crippen MR) is 61.0 cm³/mol. The van der Waals surface area contributed by atoms with Crippen LogP contribution >= 0.6 is 15.9 Å². The van der Waals surface area contributed by atoms with Gasteiger partial charge < -0.3 is 9.47 Å². The Morgan fingerprint density at radius 1 is 1.47 bits per heavy atom. The van der Waals surface area contributed by atoms with Crippen molar-refractivity contribution in [1.82, 2.24) is 0 Å². The summed E-state index contributed by atoms with van der Waals surface area (Å²) >= 11 is 3.36. The van der Waals surface area contributed by atoms with Gasteiger partial charge in [0.25, 0.3) is 0 Å². The SMILES string of the molecule is CCOC(=O)COc1ccc(C)cc1Br. The zero-order valence-electron chi connectivity index (χ0n) is 8.75. The first-order valence-electron chi connectivity index (χ1n) is 4.68. The maximum absolute atomic E-state index is 11.0. The summed E-state index contributed by atoms with van der Waals surface area (Å²) in [5.74, 6) is 0.290. The molecule has 3 nitrogen and oxygen atoms in total. The van der Waals surface area contributed by atoms with E-state index in [0.717, 1.165) is 10.0 Å². The molecule has 0 N–H and O–H groups in total. The molecule has 0 aliphatic carbocycles. The van der Waals surface area contributed by atoms with Gasteiger partial charge in [-0.15, -0.1) is 0 Å². The van der Waals surface area contributed by atoms with Crippen LogP contribution in [-0.2, 0) is 9.53 Å². The summed E-state index contributed by atoms with van der Waals surface area (Å²) in [4.78, 5) is 11.0. The van der Waals surface area contributed by atoms with Gasteiger partial charge in [0.1, 0.15) is 5.75 Å². The number of hydrogen-bond donors (Lipinski definition) is 0. The van der Waals surface area contributed by atoms with Crippen molar-refractivity contribution in [2.75, 3.05) is 13.2 Å². The number of hydrogen-bond acceptors (Lipinski definition) is 3. The van der Waals surface area contributed by atoms with Crippen LogP contribution in [0.4, 0.5) is 0 Å². The third-order valence-electron chi connectivity index (χ3n) is 1.74. The lowest BCUT2D eigenvalue weighted by Crippen LogP contribution is -2.14. The number of benzene rings is 1. The lowest BCUT2D eigenvalue weighted by molar-refractivity contribution is -0.145. The minimum Gasteiger partial charge on any atom is -0.481 e. The van der Waals surface area contributed by atoms with E-state index in [-0.39, 0.29) is 12.6 Å². The zero-order chi connectivity index (χ0) is 11.3. The first-order chi connectivity index (χ1) is 7.13. The van der Waals surface area contributed by atoms with Gasteiger partial charge in [0, 0.05) is 0 Å². The van der Waals surface area contributed by atoms with Gasteiger partial charge in [0.15, 0.2) is 6.61 Å². The molecular formula is C11H13BrO3. The van der Waals surface area contributed by atoms with Gasteiger partial charge in [-0.2, -0.15) is 0 Å². The van der Waals surface area contributed by atoms with E-state index in [4.69, 9.17) is 9.47 Å². The van der Waals surface area contributed by atoms with Gasteiger partial charge in [0.05, 0.1) is 11.1 Å². The Bertz CT molecular complexity index is 350. The Morgan fingerprint density at radius 3 is 2.80 bits per heavy atom. The van der Waals surface area contributed by atoms with Crippen molar-refractivity contribution < 1.29 is 14.3 Å². The van der Waals surface area contributed by atoms with E-state index in [0.29, 0.717) is 12.4 Å². The predicted octanol–water partition coefficient (Wildman–Crippen LogP) is 2.70. The minimum atomic E-state index is -0.357. The molecule has 4 heteroatoms. The molecule has 0 bridgehead atoms. The summed E-state index contributed by atoms with van der Waals surface area (Å²) in [6, 6.07) is 5.67. The number of aryl methyl sites for hydroxylation is 1. The van der Waals surface area contributed by atoms with Crippen LogP contribution in [0.25, 0.3) is 0 Å². The van der Waals surface area contributed by atoms with Crippen molar-refractivity contribution in [3.05, 3.63) is 28.2 Å². The highest BCUT2D eigenvalue weighted by Gasteiger charge is 2.05. The van der Waals surface area contributed by atoms with E-state index in [1.807, 2.05) is 25.1 Å². The number of carbonyl (C=O) groups excluding carboxylic acids is 1. The van der Waals surface area contributed by atoms with E-state index in [1.54, 1.807) is 6.92 Å². The fraction of sp³-hybridized carbons (Fsp3) is 0.364. The van der Waals surface area contributed by atoms with Crippen LogP contribution in [0, 0.1) is 6.92 Å². The Balaban J connectivity index is 2.54. The van der Waals surface area contributed by atoms with Crippen LogP contribution < -0.4 is 4.74 Å². The number of ether oxygens (including phenoxy) is 2. The van der Waals surface area contributed by atoms with E-state index < -0.39 is 0 Å². The highest BCUT2D eigenvalue weighted by molar-refractivity contribution is 9.10. The maximum atomic E-state index is 11.0. The second kappa shape index (κ2) is 5.75. The highest BCUT2D eigenvalue weighted by atomic mass is 79.9. The number of rotatable bonds is 4. The maximum Gasteiger partial charge on any atom is 0.344 e. The Hall–Kier alpha value is -1.03. The first kappa shape index (κ1) is 12.0. The molecule has 0 heterocycles. The topological polar surface area (TPSA) is 35.5 Å². The molecule has 1 aromatic carbocycles. The normalized spacial score (nSPS) is 9.80. The average Bonchev–Trinajstić information content (AvgIpc) is 2.17. The van der Waals surface area contributed by atoms with Crippen LogP contribution in [0.1, 0.15) is 12.5 Å². The number of esters is 1. The molecule has 0 saturated heterocycles. The van der Waals surface area contributed by atoms with Crippen LogP contribution in [0.3, 0.4) is 0 Å². The van der Waals surface area contributed by atoms with Gasteiger partial charge in [-0.05, 0) is 47.5 Å². The third kappa shape index (κ3) is 3.91. The minimum absolute atomic E-state index is 0.0600. The second-order valence-electron chi connectivity index (χ2n) is 3.03. The molecule has 0 aromatic heterocycles. The molecule has 82 valence electrons.